The van der Waals surface area contributed by atoms with Crippen molar-refractivity contribution in [3.8, 4) is 0 Å². The number of carbonyl (C=O) groups is 2. The van der Waals surface area contributed by atoms with E-state index in [4.69, 9.17) is 5.73 Å². The Hall–Kier alpha value is -0.460. The Morgan fingerprint density at radius 3 is 2.89 bits per heavy atom. The van der Waals surface area contributed by atoms with Crippen molar-refractivity contribution in [3.63, 3.8) is 0 Å². The average molecular weight is 308 g/mol. The molecule has 5 nitrogen and oxygen atoms in total. The molecule has 110 valence electrons. The van der Waals surface area contributed by atoms with Crippen LogP contribution in [0.15, 0.2) is 0 Å². The van der Waals surface area contributed by atoms with E-state index in [1.54, 1.807) is 16.7 Å². The highest BCUT2D eigenvalue weighted by Crippen LogP contribution is 2.20. The number of piperidine rings is 1. The zero-order valence-corrected chi connectivity index (χ0v) is 12.8. The van der Waals surface area contributed by atoms with Crippen LogP contribution in [-0.4, -0.2) is 58.9 Å². The number of halogens is 1. The zero-order chi connectivity index (χ0) is 13.1. The SMILES string of the molecule is CC(N)C1CCCN(C(=O)CN2CSCC2=O)C1.Cl. The molecule has 7 heteroatoms. The van der Waals surface area contributed by atoms with Crippen LogP contribution in [0.3, 0.4) is 0 Å². The van der Waals surface area contributed by atoms with Crippen LogP contribution in [-0.2, 0) is 9.59 Å². The van der Waals surface area contributed by atoms with E-state index in [2.05, 4.69) is 0 Å². The van der Waals surface area contributed by atoms with Gasteiger partial charge in [-0.2, -0.15) is 0 Å². The van der Waals surface area contributed by atoms with E-state index in [-0.39, 0.29) is 36.8 Å². The molecule has 0 aromatic rings. The van der Waals surface area contributed by atoms with E-state index in [1.807, 2.05) is 11.8 Å². The van der Waals surface area contributed by atoms with E-state index in [9.17, 15) is 9.59 Å². The molecule has 0 bridgehead atoms. The maximum absolute atomic E-state index is 12.1. The lowest BCUT2D eigenvalue weighted by molar-refractivity contribution is -0.139. The highest BCUT2D eigenvalue weighted by Gasteiger charge is 2.29. The number of nitrogens with two attached hydrogens (primary N) is 1. The second kappa shape index (κ2) is 7.36. The fraction of sp³-hybridized carbons (Fsp3) is 0.833. The van der Waals surface area contributed by atoms with E-state index in [0.29, 0.717) is 17.5 Å². The van der Waals surface area contributed by atoms with Gasteiger partial charge in [0.15, 0.2) is 0 Å². The molecule has 2 atom stereocenters. The fourth-order valence-corrected chi connectivity index (χ4v) is 3.37. The van der Waals surface area contributed by atoms with Crippen LogP contribution in [0.4, 0.5) is 0 Å². The molecular weight excluding hydrogens is 286 g/mol. The Labute approximate surface area is 124 Å². The predicted octanol–water partition coefficient (Wildman–Crippen LogP) is 0.527. The molecule has 2 saturated heterocycles. The zero-order valence-electron chi connectivity index (χ0n) is 11.2. The molecule has 0 aromatic carbocycles. The standard InChI is InChI=1S/C12H21N3O2S.ClH/c1-9(13)10-3-2-4-14(5-10)11(16)6-15-8-18-7-12(15)17;/h9-10H,2-8,13H2,1H3;1H. The molecule has 2 rings (SSSR count). The van der Waals surface area contributed by atoms with Crippen LogP contribution in [0.1, 0.15) is 19.8 Å². The van der Waals surface area contributed by atoms with Crippen LogP contribution in [0.2, 0.25) is 0 Å². The number of nitrogens with zero attached hydrogens (tertiary/aromatic N) is 2. The Morgan fingerprint density at radius 2 is 2.32 bits per heavy atom. The third-order valence-corrected chi connectivity index (χ3v) is 4.65. The number of carbonyl (C=O) groups excluding carboxylic acids is 2. The smallest absolute Gasteiger partial charge is 0.242 e. The Balaban J connectivity index is 0.00000180. The van der Waals surface area contributed by atoms with Gasteiger partial charge >= 0.3 is 0 Å². The van der Waals surface area contributed by atoms with Crippen molar-refractivity contribution in [2.24, 2.45) is 11.7 Å². The molecule has 2 fully saturated rings. The maximum Gasteiger partial charge on any atom is 0.242 e. The van der Waals surface area contributed by atoms with Crippen LogP contribution in [0.25, 0.3) is 0 Å². The first-order valence-corrected chi connectivity index (χ1v) is 7.62. The van der Waals surface area contributed by atoms with E-state index >= 15 is 0 Å². The molecule has 19 heavy (non-hydrogen) atoms. The predicted molar refractivity (Wildman–Crippen MR) is 79.2 cm³/mol. The van der Waals surface area contributed by atoms with E-state index < -0.39 is 0 Å². The van der Waals surface area contributed by atoms with Crippen molar-refractivity contribution in [2.75, 3.05) is 31.3 Å². The first-order valence-electron chi connectivity index (χ1n) is 6.47. The summed E-state index contributed by atoms with van der Waals surface area (Å²) in [6.07, 6.45) is 2.11. The topological polar surface area (TPSA) is 66.6 Å². The summed E-state index contributed by atoms with van der Waals surface area (Å²) in [4.78, 5) is 27.1. The van der Waals surface area contributed by atoms with Gasteiger partial charge in [-0.25, -0.2) is 0 Å². The first-order chi connectivity index (χ1) is 8.58. The number of rotatable bonds is 3. The normalized spacial score (nSPS) is 25.2. The Bertz CT molecular complexity index is 341. The summed E-state index contributed by atoms with van der Waals surface area (Å²) in [5.74, 6) is 1.70. The van der Waals surface area contributed by atoms with Gasteiger partial charge in [0.1, 0.15) is 6.54 Å². The fourth-order valence-electron chi connectivity index (χ4n) is 2.47. The molecule has 2 aliphatic rings. The first kappa shape index (κ1) is 16.6. The minimum Gasteiger partial charge on any atom is -0.341 e. The van der Waals surface area contributed by atoms with Gasteiger partial charge in [0.25, 0.3) is 0 Å². The average Bonchev–Trinajstić information content (AvgIpc) is 2.75. The third kappa shape index (κ3) is 4.26. The second-order valence-corrected chi connectivity index (χ2v) is 6.13. The number of amides is 2. The van der Waals surface area contributed by atoms with Gasteiger partial charge in [-0.15, -0.1) is 24.2 Å². The van der Waals surface area contributed by atoms with Crippen molar-refractivity contribution in [2.45, 2.75) is 25.8 Å². The van der Waals surface area contributed by atoms with Crippen molar-refractivity contribution in [3.05, 3.63) is 0 Å². The van der Waals surface area contributed by atoms with Crippen LogP contribution in [0.5, 0.6) is 0 Å². The van der Waals surface area contributed by atoms with Crippen molar-refractivity contribution < 1.29 is 9.59 Å². The summed E-state index contributed by atoms with van der Waals surface area (Å²) < 4.78 is 0. The summed E-state index contributed by atoms with van der Waals surface area (Å²) in [6.45, 7) is 3.78. The monoisotopic (exact) mass is 307 g/mol. The largest absolute Gasteiger partial charge is 0.341 e. The minimum atomic E-state index is 0. The molecule has 2 amide bonds. The Morgan fingerprint density at radius 1 is 1.58 bits per heavy atom. The van der Waals surface area contributed by atoms with Crippen LogP contribution < -0.4 is 5.73 Å². The van der Waals surface area contributed by atoms with Crippen molar-refractivity contribution in [1.82, 2.24) is 9.80 Å². The lowest BCUT2D eigenvalue weighted by Crippen LogP contribution is -2.48. The minimum absolute atomic E-state index is 0. The maximum atomic E-state index is 12.1. The molecule has 0 aromatic heterocycles. The number of hydrogen-bond acceptors (Lipinski definition) is 4. The summed E-state index contributed by atoms with van der Waals surface area (Å²) in [6, 6.07) is 0.129. The van der Waals surface area contributed by atoms with Crippen molar-refractivity contribution in [1.29, 1.82) is 0 Å². The molecule has 2 unspecified atom stereocenters. The summed E-state index contributed by atoms with van der Waals surface area (Å²) >= 11 is 1.57. The van der Waals surface area contributed by atoms with Crippen molar-refractivity contribution >= 4 is 36.0 Å². The number of thioether (sulfide) groups is 1. The van der Waals surface area contributed by atoms with Gasteiger partial charge in [-0.1, -0.05) is 0 Å². The number of likely N-dealkylation sites (tertiary alicyclic amines) is 1. The molecule has 2 heterocycles. The molecular formula is C12H22ClN3O2S. The second-order valence-electron chi connectivity index (χ2n) is 5.17. The van der Waals surface area contributed by atoms with Gasteiger partial charge in [0.2, 0.25) is 11.8 Å². The van der Waals surface area contributed by atoms with Gasteiger partial charge in [0.05, 0.1) is 11.6 Å². The van der Waals surface area contributed by atoms with E-state index in [1.165, 1.54) is 0 Å². The van der Waals surface area contributed by atoms with Crippen LogP contribution >= 0.6 is 24.2 Å². The van der Waals surface area contributed by atoms with Gasteiger partial charge in [0, 0.05) is 19.1 Å². The summed E-state index contributed by atoms with van der Waals surface area (Å²) in [5, 5.41) is 0. The summed E-state index contributed by atoms with van der Waals surface area (Å²) in [5.41, 5.74) is 5.91. The lowest BCUT2D eigenvalue weighted by atomic mass is 9.92. The lowest BCUT2D eigenvalue weighted by Gasteiger charge is -2.35. The van der Waals surface area contributed by atoms with Gasteiger partial charge in [-0.05, 0) is 25.7 Å². The van der Waals surface area contributed by atoms with Crippen LogP contribution in [0, 0.1) is 5.92 Å². The Kier molecular flexibility index (Phi) is 6.42. The highest BCUT2D eigenvalue weighted by atomic mass is 35.5. The highest BCUT2D eigenvalue weighted by molar-refractivity contribution is 8.00. The number of hydrogen-bond donors (Lipinski definition) is 1. The molecule has 0 saturated carbocycles. The van der Waals surface area contributed by atoms with Gasteiger partial charge in [-0.3, -0.25) is 9.59 Å². The molecule has 2 N–H and O–H groups in total. The molecule has 0 aliphatic carbocycles. The quantitative estimate of drug-likeness (QED) is 0.826. The van der Waals surface area contributed by atoms with Gasteiger partial charge < -0.3 is 15.5 Å². The molecule has 0 spiro atoms. The molecule has 0 radical (unpaired) electrons. The third-order valence-electron chi connectivity index (χ3n) is 3.71. The molecule has 2 aliphatic heterocycles. The van der Waals surface area contributed by atoms with E-state index in [0.717, 1.165) is 25.9 Å². The summed E-state index contributed by atoms with van der Waals surface area (Å²) in [7, 11) is 0.